The van der Waals surface area contributed by atoms with Gasteiger partial charge in [0.25, 0.3) is 0 Å². The lowest BCUT2D eigenvalue weighted by Gasteiger charge is -2.17. The van der Waals surface area contributed by atoms with Crippen molar-refractivity contribution >= 4 is 27.3 Å². The molecule has 0 amide bonds. The molecule has 0 bridgehead atoms. The third-order valence-electron chi connectivity index (χ3n) is 5.54. The van der Waals surface area contributed by atoms with E-state index in [1.54, 1.807) is 0 Å². The largest absolute Gasteiger partial charge is 0.299 e. The molecule has 3 aromatic heterocycles. The lowest BCUT2D eigenvalue weighted by atomic mass is 9.90. The number of aryl methyl sites for hydroxylation is 4. The van der Waals surface area contributed by atoms with Gasteiger partial charge in [0.1, 0.15) is 5.65 Å². The number of rotatable bonds is 1. The summed E-state index contributed by atoms with van der Waals surface area (Å²) in [5.41, 5.74) is 9.31. The number of para-hydroxylation sites is 1. The monoisotopic (exact) mass is 351 g/mol. The number of hydrogen-bond donors (Lipinski definition) is 0. The molecule has 0 unspecified atom stereocenters. The number of imidazole rings is 1. The maximum absolute atomic E-state index is 4.73. The topological polar surface area (TPSA) is 30.2 Å². The highest BCUT2D eigenvalue weighted by molar-refractivity contribution is 6.18. The summed E-state index contributed by atoms with van der Waals surface area (Å²) in [5.74, 6) is 0. The molecule has 0 aliphatic rings. The molecule has 2 aromatic carbocycles. The first kappa shape index (κ1) is 16.0. The van der Waals surface area contributed by atoms with Gasteiger partial charge < -0.3 is 0 Å². The Kier molecular flexibility index (Phi) is 3.35. The first-order valence-corrected chi connectivity index (χ1v) is 9.28. The quantitative estimate of drug-likeness (QED) is 0.350. The van der Waals surface area contributed by atoms with Crippen molar-refractivity contribution in [1.82, 2.24) is 14.4 Å². The number of nitrogens with zero attached hydrogens (tertiary/aromatic N) is 3. The van der Waals surface area contributed by atoms with Gasteiger partial charge in [0.05, 0.1) is 5.52 Å². The van der Waals surface area contributed by atoms with Crippen LogP contribution in [0.4, 0.5) is 0 Å². The predicted octanol–water partition coefficient (Wildman–Crippen LogP) is 5.94. The molecule has 132 valence electrons. The summed E-state index contributed by atoms with van der Waals surface area (Å²) >= 11 is 0. The van der Waals surface area contributed by atoms with Gasteiger partial charge in [0.15, 0.2) is 0 Å². The van der Waals surface area contributed by atoms with E-state index in [2.05, 4.69) is 78.8 Å². The average Bonchev–Trinajstić information content (AvgIpc) is 3.12. The molecule has 3 heteroatoms. The van der Waals surface area contributed by atoms with Crippen molar-refractivity contribution in [3.63, 3.8) is 0 Å². The molecule has 5 rings (SSSR count). The highest BCUT2D eigenvalue weighted by atomic mass is 15.0. The minimum Gasteiger partial charge on any atom is -0.299 e. The van der Waals surface area contributed by atoms with Crippen molar-refractivity contribution in [2.75, 3.05) is 0 Å². The summed E-state index contributed by atoms with van der Waals surface area (Å²) in [6.45, 7) is 8.49. The Bertz CT molecular complexity index is 1360. The molecule has 0 spiro atoms. The SMILES string of the molecule is Cc1ccc(-c2c(C)ccc3c2c2cccc(C)c2n2ccnc32)c(C)n1. The summed E-state index contributed by atoms with van der Waals surface area (Å²) < 4.78 is 2.21. The third kappa shape index (κ3) is 2.21. The number of hydrogen-bond acceptors (Lipinski definition) is 2. The average molecular weight is 351 g/mol. The van der Waals surface area contributed by atoms with Crippen molar-refractivity contribution in [2.45, 2.75) is 27.7 Å². The first-order valence-electron chi connectivity index (χ1n) is 9.28. The van der Waals surface area contributed by atoms with Crippen LogP contribution < -0.4 is 0 Å². The molecule has 0 aliphatic carbocycles. The molecule has 27 heavy (non-hydrogen) atoms. The molecule has 3 nitrogen and oxygen atoms in total. The second-order valence-corrected chi connectivity index (χ2v) is 7.36. The number of pyridine rings is 2. The maximum atomic E-state index is 4.73. The van der Waals surface area contributed by atoms with E-state index in [1.165, 1.54) is 43.9 Å². The van der Waals surface area contributed by atoms with Gasteiger partial charge in [-0.05, 0) is 50.5 Å². The van der Waals surface area contributed by atoms with Crippen LogP contribution in [-0.2, 0) is 0 Å². The molecular formula is C24H21N3. The van der Waals surface area contributed by atoms with Crippen LogP contribution in [0.2, 0.25) is 0 Å². The van der Waals surface area contributed by atoms with Crippen LogP contribution in [0.5, 0.6) is 0 Å². The molecule has 0 aliphatic heterocycles. The summed E-state index contributed by atoms with van der Waals surface area (Å²) in [6.07, 6.45) is 3.95. The smallest absolute Gasteiger partial charge is 0.145 e. The molecule has 0 fully saturated rings. The van der Waals surface area contributed by atoms with Gasteiger partial charge in [0, 0.05) is 45.5 Å². The predicted molar refractivity (Wildman–Crippen MR) is 112 cm³/mol. The van der Waals surface area contributed by atoms with Crippen LogP contribution in [-0.4, -0.2) is 14.4 Å². The highest BCUT2D eigenvalue weighted by Crippen LogP contribution is 2.40. The lowest BCUT2D eigenvalue weighted by molar-refractivity contribution is 1.12. The van der Waals surface area contributed by atoms with E-state index in [9.17, 15) is 0 Å². The number of benzene rings is 2. The van der Waals surface area contributed by atoms with Gasteiger partial charge in [0.2, 0.25) is 0 Å². The van der Waals surface area contributed by atoms with Gasteiger partial charge >= 0.3 is 0 Å². The highest BCUT2D eigenvalue weighted by Gasteiger charge is 2.17. The molecule has 3 heterocycles. The lowest BCUT2D eigenvalue weighted by Crippen LogP contribution is -1.98. The van der Waals surface area contributed by atoms with Gasteiger partial charge in [-0.15, -0.1) is 0 Å². The van der Waals surface area contributed by atoms with Crippen LogP contribution in [0.15, 0.2) is 54.9 Å². The fraction of sp³-hybridized carbons (Fsp3) is 0.167. The zero-order valence-corrected chi connectivity index (χ0v) is 16.0. The summed E-state index contributed by atoms with van der Waals surface area (Å²) in [4.78, 5) is 9.41. The van der Waals surface area contributed by atoms with Crippen molar-refractivity contribution < 1.29 is 0 Å². The van der Waals surface area contributed by atoms with Crippen LogP contribution >= 0.6 is 0 Å². The van der Waals surface area contributed by atoms with Crippen molar-refractivity contribution in [3.05, 3.63) is 77.4 Å². The fourth-order valence-corrected chi connectivity index (χ4v) is 4.33. The Balaban J connectivity index is 2.09. The normalized spacial score (nSPS) is 11.7. The minimum absolute atomic E-state index is 1.01. The Labute approximate surface area is 158 Å². The van der Waals surface area contributed by atoms with E-state index in [0.717, 1.165) is 17.0 Å². The minimum atomic E-state index is 1.01. The van der Waals surface area contributed by atoms with Gasteiger partial charge in [-0.25, -0.2) is 4.98 Å². The van der Waals surface area contributed by atoms with Gasteiger partial charge in [-0.3, -0.25) is 9.38 Å². The summed E-state index contributed by atoms with van der Waals surface area (Å²) in [5, 5.41) is 3.70. The second-order valence-electron chi connectivity index (χ2n) is 7.36. The molecule has 0 saturated heterocycles. The Morgan fingerprint density at radius 3 is 2.48 bits per heavy atom. The van der Waals surface area contributed by atoms with E-state index in [-0.39, 0.29) is 0 Å². The van der Waals surface area contributed by atoms with E-state index in [1.807, 2.05) is 13.1 Å². The zero-order chi connectivity index (χ0) is 18.7. The zero-order valence-electron chi connectivity index (χ0n) is 16.0. The van der Waals surface area contributed by atoms with Crippen LogP contribution in [0.25, 0.3) is 38.4 Å². The number of fused-ring (bicyclic) bond motifs is 6. The maximum Gasteiger partial charge on any atom is 0.145 e. The van der Waals surface area contributed by atoms with E-state index in [4.69, 9.17) is 4.98 Å². The molecule has 0 saturated carbocycles. The Morgan fingerprint density at radius 2 is 1.67 bits per heavy atom. The molecule has 5 aromatic rings. The molecule has 0 atom stereocenters. The second kappa shape index (κ2) is 5.65. The molecule has 0 N–H and O–H groups in total. The summed E-state index contributed by atoms with van der Waals surface area (Å²) in [6, 6.07) is 15.2. The first-order chi connectivity index (χ1) is 13.1. The standard InChI is InChI=1S/C24H21N3/c1-14-8-10-20-22(21(14)18-11-9-16(3)26-17(18)4)19-7-5-6-15(2)23(19)27-13-12-25-24(20)27/h5-13H,1-4H3. The van der Waals surface area contributed by atoms with Crippen LogP contribution in [0.1, 0.15) is 22.5 Å². The Morgan fingerprint density at radius 1 is 0.815 bits per heavy atom. The Hall–Kier alpha value is -3.20. The fourth-order valence-electron chi connectivity index (χ4n) is 4.33. The van der Waals surface area contributed by atoms with Gasteiger partial charge in [-0.2, -0.15) is 0 Å². The molecule has 0 radical (unpaired) electrons. The van der Waals surface area contributed by atoms with Crippen LogP contribution in [0.3, 0.4) is 0 Å². The van der Waals surface area contributed by atoms with E-state index >= 15 is 0 Å². The number of aromatic nitrogens is 3. The van der Waals surface area contributed by atoms with Crippen molar-refractivity contribution in [2.24, 2.45) is 0 Å². The van der Waals surface area contributed by atoms with E-state index < -0.39 is 0 Å². The van der Waals surface area contributed by atoms with Gasteiger partial charge in [-0.1, -0.05) is 36.4 Å². The summed E-state index contributed by atoms with van der Waals surface area (Å²) in [7, 11) is 0. The van der Waals surface area contributed by atoms with Crippen molar-refractivity contribution in [1.29, 1.82) is 0 Å². The molecular weight excluding hydrogens is 330 g/mol. The van der Waals surface area contributed by atoms with E-state index in [0.29, 0.717) is 0 Å². The van der Waals surface area contributed by atoms with Crippen LogP contribution in [0, 0.1) is 27.7 Å². The third-order valence-corrected chi connectivity index (χ3v) is 5.54. The van der Waals surface area contributed by atoms with Crippen molar-refractivity contribution in [3.8, 4) is 11.1 Å².